The van der Waals surface area contributed by atoms with Crippen LogP contribution in [0.4, 0.5) is 0 Å². The fraction of sp³-hybridized carbons (Fsp3) is 0.136. The highest BCUT2D eigenvalue weighted by atomic mass is 79.9. The number of carbonyl (C=O) groups excluding carboxylic acids is 1. The molecule has 5 heteroatoms. The molecule has 1 aliphatic heterocycles. The van der Waals surface area contributed by atoms with Crippen molar-refractivity contribution in [2.45, 2.75) is 12.5 Å². The van der Waals surface area contributed by atoms with E-state index in [-0.39, 0.29) is 12.6 Å². The van der Waals surface area contributed by atoms with E-state index in [2.05, 4.69) is 15.9 Å². The summed E-state index contributed by atoms with van der Waals surface area (Å²) in [6.45, 7) is 0.128. The second kappa shape index (κ2) is 7.45. The minimum atomic E-state index is -0.524. The number of hydrogen-bond donors (Lipinski definition) is 0. The molecule has 0 amide bonds. The van der Waals surface area contributed by atoms with Crippen molar-refractivity contribution in [3.05, 3.63) is 87.9 Å². The van der Waals surface area contributed by atoms with Crippen molar-refractivity contribution in [2.75, 3.05) is 7.11 Å². The van der Waals surface area contributed by atoms with Gasteiger partial charge >= 0.3 is 5.97 Å². The monoisotopic (exact) mass is 424 g/mol. The van der Waals surface area contributed by atoms with Gasteiger partial charge in [-0.05, 0) is 30.3 Å². The molecule has 0 saturated heterocycles. The van der Waals surface area contributed by atoms with E-state index in [0.717, 1.165) is 21.2 Å². The van der Waals surface area contributed by atoms with Crippen molar-refractivity contribution in [3.63, 3.8) is 0 Å². The molecule has 3 aromatic carbocycles. The number of fused-ring (bicyclic) bond motifs is 2. The van der Waals surface area contributed by atoms with Gasteiger partial charge in [-0.15, -0.1) is 0 Å². The first-order valence-corrected chi connectivity index (χ1v) is 9.31. The van der Waals surface area contributed by atoms with Crippen LogP contribution in [0.15, 0.2) is 71.2 Å². The molecule has 4 nitrogen and oxygen atoms in total. The minimum Gasteiger partial charge on any atom is -0.496 e. The normalized spacial score (nSPS) is 12.5. The third-order valence-electron chi connectivity index (χ3n) is 4.53. The zero-order chi connectivity index (χ0) is 18.8. The lowest BCUT2D eigenvalue weighted by molar-refractivity contribution is -0.145. The topological polar surface area (TPSA) is 44.8 Å². The summed E-state index contributed by atoms with van der Waals surface area (Å²) in [4.78, 5) is 13.1. The third kappa shape index (κ3) is 3.43. The Kier molecular flexibility index (Phi) is 4.86. The van der Waals surface area contributed by atoms with Crippen LogP contribution in [0.5, 0.6) is 17.2 Å². The first kappa shape index (κ1) is 17.6. The molecule has 0 radical (unpaired) electrons. The van der Waals surface area contributed by atoms with Gasteiger partial charge in [0.25, 0.3) is 0 Å². The molecule has 0 N–H and O–H groups in total. The van der Waals surface area contributed by atoms with E-state index in [4.69, 9.17) is 14.2 Å². The second-order valence-corrected chi connectivity index (χ2v) is 7.09. The van der Waals surface area contributed by atoms with Gasteiger partial charge in [0.05, 0.1) is 7.11 Å². The molecule has 3 aromatic rings. The summed E-state index contributed by atoms with van der Waals surface area (Å²) in [5.74, 6) is 1.19. The second-order valence-electron chi connectivity index (χ2n) is 6.17. The quantitative estimate of drug-likeness (QED) is 0.523. The van der Waals surface area contributed by atoms with Gasteiger partial charge in [-0.2, -0.15) is 0 Å². The summed E-state index contributed by atoms with van der Waals surface area (Å²) in [5, 5.41) is 0. The molecule has 0 unspecified atom stereocenters. The van der Waals surface area contributed by atoms with Crippen LogP contribution >= 0.6 is 15.9 Å². The highest BCUT2D eigenvalue weighted by molar-refractivity contribution is 9.10. The Morgan fingerprint density at radius 1 is 1.00 bits per heavy atom. The van der Waals surface area contributed by atoms with Gasteiger partial charge in [-0.3, -0.25) is 4.79 Å². The summed E-state index contributed by atoms with van der Waals surface area (Å²) in [5.41, 5.74) is 2.42. The van der Waals surface area contributed by atoms with Gasteiger partial charge in [0.2, 0.25) is 0 Å². The number of carbonyl (C=O) groups is 1. The number of ether oxygens (including phenoxy) is 3. The molecule has 1 aliphatic rings. The van der Waals surface area contributed by atoms with Crippen LogP contribution in [-0.4, -0.2) is 13.1 Å². The van der Waals surface area contributed by atoms with E-state index in [9.17, 15) is 4.79 Å². The zero-order valence-corrected chi connectivity index (χ0v) is 16.2. The van der Waals surface area contributed by atoms with Crippen LogP contribution in [0.2, 0.25) is 0 Å². The number of benzene rings is 3. The molecule has 0 bridgehead atoms. The Morgan fingerprint density at radius 2 is 1.63 bits per heavy atom. The molecule has 0 spiro atoms. The van der Waals surface area contributed by atoms with E-state index in [0.29, 0.717) is 17.2 Å². The SMILES string of the molecule is COc1ccc(Br)cc1COC(=O)C1c2ccccc2Oc2ccccc21. The van der Waals surface area contributed by atoms with Crippen LogP contribution in [0.25, 0.3) is 0 Å². The predicted molar refractivity (Wildman–Crippen MR) is 105 cm³/mol. The molecular formula is C22H17BrO4. The average molecular weight is 425 g/mol. The molecule has 1 heterocycles. The number of hydrogen-bond acceptors (Lipinski definition) is 4. The maximum Gasteiger partial charge on any atom is 0.318 e. The molecule has 0 aliphatic carbocycles. The van der Waals surface area contributed by atoms with Crippen molar-refractivity contribution in [1.29, 1.82) is 0 Å². The van der Waals surface area contributed by atoms with Gasteiger partial charge in [0.15, 0.2) is 0 Å². The van der Waals surface area contributed by atoms with Crippen LogP contribution < -0.4 is 9.47 Å². The van der Waals surface area contributed by atoms with Crippen LogP contribution in [0.3, 0.4) is 0 Å². The molecular weight excluding hydrogens is 408 g/mol. The van der Waals surface area contributed by atoms with E-state index >= 15 is 0 Å². The number of rotatable bonds is 4. The zero-order valence-electron chi connectivity index (χ0n) is 14.6. The molecule has 27 heavy (non-hydrogen) atoms. The first-order valence-electron chi connectivity index (χ1n) is 8.52. The standard InChI is InChI=1S/C22H17BrO4/c1-25-18-11-10-15(23)12-14(18)13-26-22(24)21-16-6-2-4-8-19(16)27-20-9-5-3-7-17(20)21/h2-12,21H,13H2,1H3. The number of halogens is 1. The fourth-order valence-electron chi connectivity index (χ4n) is 3.26. The number of para-hydroxylation sites is 2. The Labute approximate surface area is 165 Å². The van der Waals surface area contributed by atoms with E-state index < -0.39 is 5.92 Å². The molecule has 4 rings (SSSR count). The lowest BCUT2D eigenvalue weighted by Gasteiger charge is -2.26. The molecule has 136 valence electrons. The van der Waals surface area contributed by atoms with Crippen LogP contribution in [0.1, 0.15) is 22.6 Å². The molecule has 0 aromatic heterocycles. The predicted octanol–water partition coefficient (Wildman–Crippen LogP) is 5.44. The lowest BCUT2D eigenvalue weighted by atomic mass is 9.88. The molecule has 0 atom stereocenters. The van der Waals surface area contributed by atoms with Gasteiger partial charge in [-0.1, -0.05) is 52.3 Å². The summed E-state index contributed by atoms with van der Waals surface area (Å²) in [7, 11) is 1.60. The van der Waals surface area contributed by atoms with Crippen LogP contribution in [-0.2, 0) is 16.1 Å². The molecule has 0 saturated carbocycles. The maximum absolute atomic E-state index is 13.1. The van der Waals surface area contributed by atoms with Crippen LogP contribution in [0, 0.1) is 0 Å². The van der Waals surface area contributed by atoms with E-state index in [1.165, 1.54) is 0 Å². The van der Waals surface area contributed by atoms with Crippen molar-refractivity contribution in [2.24, 2.45) is 0 Å². The lowest BCUT2D eigenvalue weighted by Crippen LogP contribution is -2.21. The fourth-order valence-corrected chi connectivity index (χ4v) is 3.66. The summed E-state index contributed by atoms with van der Waals surface area (Å²) >= 11 is 3.44. The Morgan fingerprint density at radius 3 is 2.26 bits per heavy atom. The van der Waals surface area contributed by atoms with Gasteiger partial charge in [0, 0.05) is 21.2 Å². The van der Waals surface area contributed by atoms with E-state index in [1.807, 2.05) is 66.7 Å². The highest BCUT2D eigenvalue weighted by Crippen LogP contribution is 2.44. The van der Waals surface area contributed by atoms with Crippen molar-refractivity contribution in [1.82, 2.24) is 0 Å². The largest absolute Gasteiger partial charge is 0.496 e. The third-order valence-corrected chi connectivity index (χ3v) is 5.02. The summed E-state index contributed by atoms with van der Waals surface area (Å²) < 4.78 is 17.9. The van der Waals surface area contributed by atoms with Gasteiger partial charge in [-0.25, -0.2) is 0 Å². The maximum atomic E-state index is 13.1. The smallest absolute Gasteiger partial charge is 0.318 e. The highest BCUT2D eigenvalue weighted by Gasteiger charge is 2.33. The molecule has 0 fully saturated rings. The average Bonchev–Trinajstić information content (AvgIpc) is 2.70. The first-order chi connectivity index (χ1) is 13.2. The van der Waals surface area contributed by atoms with E-state index in [1.54, 1.807) is 7.11 Å². The number of esters is 1. The van der Waals surface area contributed by atoms with Gasteiger partial charge in [0.1, 0.15) is 29.8 Å². The Balaban J connectivity index is 1.64. The van der Waals surface area contributed by atoms with Crippen molar-refractivity contribution < 1.29 is 19.0 Å². The van der Waals surface area contributed by atoms with Crippen molar-refractivity contribution >= 4 is 21.9 Å². The minimum absolute atomic E-state index is 0.128. The Hall–Kier alpha value is -2.79. The van der Waals surface area contributed by atoms with Crippen molar-refractivity contribution in [3.8, 4) is 17.2 Å². The Bertz CT molecular complexity index is 954. The summed E-state index contributed by atoms with van der Waals surface area (Å²) in [6.07, 6.45) is 0. The number of methoxy groups -OCH3 is 1. The summed E-state index contributed by atoms with van der Waals surface area (Å²) in [6, 6.07) is 20.7. The van der Waals surface area contributed by atoms with Gasteiger partial charge < -0.3 is 14.2 Å².